The summed E-state index contributed by atoms with van der Waals surface area (Å²) in [7, 11) is 0. The lowest BCUT2D eigenvalue weighted by Gasteiger charge is -2.11. The van der Waals surface area contributed by atoms with Crippen molar-refractivity contribution in [3.05, 3.63) is 30.2 Å². The number of nitrogens with one attached hydrogen (secondary N) is 2. The summed E-state index contributed by atoms with van der Waals surface area (Å²) in [4.78, 5) is 9.14. The zero-order chi connectivity index (χ0) is 15.9. The second kappa shape index (κ2) is 5.26. The van der Waals surface area contributed by atoms with Crippen LogP contribution in [0.2, 0.25) is 0 Å². The first-order valence-corrected chi connectivity index (χ1v) is 8.01. The van der Waals surface area contributed by atoms with E-state index in [9.17, 15) is 0 Å². The van der Waals surface area contributed by atoms with Crippen LogP contribution in [0.1, 0.15) is 18.7 Å². The van der Waals surface area contributed by atoms with E-state index in [0.29, 0.717) is 11.8 Å². The van der Waals surface area contributed by atoms with Gasteiger partial charge >= 0.3 is 0 Å². The smallest absolute Gasteiger partial charge is 0.246 e. The Labute approximate surface area is 137 Å². The van der Waals surface area contributed by atoms with Crippen LogP contribution in [0.5, 0.6) is 11.5 Å². The van der Waals surface area contributed by atoms with Gasteiger partial charge < -0.3 is 19.4 Å². The highest BCUT2D eigenvalue weighted by Crippen LogP contribution is 2.34. The molecular weight excluding hydrogens is 308 g/mol. The number of nitrogens with zero attached hydrogens (tertiary/aromatic N) is 4. The van der Waals surface area contributed by atoms with E-state index >= 15 is 0 Å². The lowest BCUT2D eigenvalue weighted by molar-refractivity contribution is 0.174. The van der Waals surface area contributed by atoms with Crippen LogP contribution in [0.15, 0.2) is 24.4 Å². The van der Waals surface area contributed by atoms with Gasteiger partial charge in [0.25, 0.3) is 0 Å². The van der Waals surface area contributed by atoms with Crippen molar-refractivity contribution in [1.82, 2.24) is 24.7 Å². The minimum atomic E-state index is 0.259. The molecule has 0 unspecified atom stereocenters. The first-order chi connectivity index (χ1) is 11.8. The van der Waals surface area contributed by atoms with Crippen molar-refractivity contribution in [2.75, 3.05) is 12.1 Å². The molecule has 0 saturated carbocycles. The van der Waals surface area contributed by atoms with Crippen molar-refractivity contribution in [2.24, 2.45) is 0 Å². The van der Waals surface area contributed by atoms with Crippen LogP contribution in [0.25, 0.3) is 11.5 Å². The average molecular weight is 324 g/mol. The van der Waals surface area contributed by atoms with Crippen LogP contribution in [-0.4, -0.2) is 31.5 Å². The van der Waals surface area contributed by atoms with Gasteiger partial charge in [-0.3, -0.25) is 5.10 Å². The summed E-state index contributed by atoms with van der Waals surface area (Å²) in [5, 5.41) is 10.3. The largest absolute Gasteiger partial charge is 0.454 e. The summed E-state index contributed by atoms with van der Waals surface area (Å²) in [5.41, 5.74) is 1.67. The van der Waals surface area contributed by atoms with Gasteiger partial charge in [0.05, 0.1) is 0 Å². The molecule has 2 aliphatic heterocycles. The van der Waals surface area contributed by atoms with Crippen molar-refractivity contribution in [3.63, 3.8) is 0 Å². The summed E-state index contributed by atoms with van der Waals surface area (Å²) >= 11 is 0. The van der Waals surface area contributed by atoms with E-state index in [1.807, 2.05) is 24.4 Å². The quantitative estimate of drug-likeness (QED) is 0.769. The standard InChI is InChI=1S/C16H16N6O2/c1-2-6-22-8-11(18-14(22)3-1)15-19-16(21-20-15)17-10-4-5-12-13(7-10)24-9-23-12/h4-5,7-8H,1-3,6,9H2,(H2,17,19,20,21). The highest BCUT2D eigenvalue weighted by atomic mass is 16.7. The zero-order valence-corrected chi connectivity index (χ0v) is 13.0. The van der Waals surface area contributed by atoms with Gasteiger partial charge in [-0.2, -0.15) is 4.98 Å². The van der Waals surface area contributed by atoms with Gasteiger partial charge in [0, 0.05) is 30.9 Å². The summed E-state index contributed by atoms with van der Waals surface area (Å²) < 4.78 is 12.9. The third kappa shape index (κ3) is 2.27. The lowest BCUT2D eigenvalue weighted by atomic mass is 10.2. The molecule has 3 aromatic rings. The Morgan fingerprint density at radius 2 is 2.08 bits per heavy atom. The molecule has 8 nitrogen and oxygen atoms in total. The number of H-pyrrole nitrogens is 1. The summed E-state index contributed by atoms with van der Waals surface area (Å²) in [6.45, 7) is 1.29. The molecule has 122 valence electrons. The van der Waals surface area contributed by atoms with Crippen molar-refractivity contribution < 1.29 is 9.47 Å². The first kappa shape index (κ1) is 13.4. The number of aromatic nitrogens is 5. The molecule has 0 bridgehead atoms. The fourth-order valence-electron chi connectivity index (χ4n) is 3.06. The number of rotatable bonds is 3. The minimum Gasteiger partial charge on any atom is -0.454 e. The van der Waals surface area contributed by atoms with Gasteiger partial charge in [-0.1, -0.05) is 0 Å². The van der Waals surface area contributed by atoms with E-state index in [4.69, 9.17) is 9.47 Å². The molecule has 24 heavy (non-hydrogen) atoms. The Balaban J connectivity index is 1.38. The van der Waals surface area contributed by atoms with E-state index in [0.717, 1.165) is 41.7 Å². The van der Waals surface area contributed by atoms with Crippen LogP contribution in [0.4, 0.5) is 11.6 Å². The predicted octanol–water partition coefficient (Wildman–Crippen LogP) is 2.48. The van der Waals surface area contributed by atoms with Crippen molar-refractivity contribution in [1.29, 1.82) is 0 Å². The summed E-state index contributed by atoms with van der Waals surface area (Å²) in [5.74, 6) is 3.75. The summed E-state index contributed by atoms with van der Waals surface area (Å²) in [6.07, 6.45) is 5.47. The lowest BCUT2D eigenvalue weighted by Crippen LogP contribution is -2.08. The minimum absolute atomic E-state index is 0.259. The number of aromatic amines is 1. The van der Waals surface area contributed by atoms with Gasteiger partial charge in [-0.25, -0.2) is 4.98 Å². The molecule has 2 aromatic heterocycles. The molecule has 0 spiro atoms. The number of benzene rings is 1. The Hall–Kier alpha value is -3.03. The average Bonchev–Trinajstić information content (AvgIpc) is 3.33. The van der Waals surface area contributed by atoms with Crippen LogP contribution in [0.3, 0.4) is 0 Å². The maximum absolute atomic E-state index is 5.37. The number of aryl methyl sites for hydroxylation is 2. The monoisotopic (exact) mass is 324 g/mol. The second-order valence-electron chi connectivity index (χ2n) is 5.89. The highest BCUT2D eigenvalue weighted by molar-refractivity contribution is 5.61. The predicted molar refractivity (Wildman–Crippen MR) is 86.4 cm³/mol. The second-order valence-corrected chi connectivity index (χ2v) is 5.89. The van der Waals surface area contributed by atoms with E-state index < -0.39 is 0 Å². The number of ether oxygens (including phenoxy) is 2. The summed E-state index contributed by atoms with van der Waals surface area (Å²) in [6, 6.07) is 5.63. The van der Waals surface area contributed by atoms with Gasteiger partial charge in [-0.15, -0.1) is 5.10 Å². The van der Waals surface area contributed by atoms with Crippen molar-refractivity contribution in [3.8, 4) is 23.0 Å². The molecular formula is C16H16N6O2. The molecule has 8 heteroatoms. The number of hydrogen-bond donors (Lipinski definition) is 2. The third-order valence-electron chi connectivity index (χ3n) is 4.27. The van der Waals surface area contributed by atoms with Gasteiger partial charge in [0.1, 0.15) is 11.5 Å². The molecule has 4 heterocycles. The third-order valence-corrected chi connectivity index (χ3v) is 4.27. The SMILES string of the molecule is c1cc2c(cc1Nc1n[nH]c(-c3cn4c(n3)CCCC4)n1)OCO2. The van der Waals surface area contributed by atoms with E-state index in [2.05, 4.69) is 30.0 Å². The topological polar surface area (TPSA) is 89.9 Å². The van der Waals surface area contributed by atoms with E-state index in [-0.39, 0.29) is 6.79 Å². The fraction of sp³-hybridized carbons (Fsp3) is 0.312. The Kier molecular flexibility index (Phi) is 2.94. The molecule has 0 aliphatic carbocycles. The molecule has 1 aromatic carbocycles. The Morgan fingerprint density at radius 3 is 3.04 bits per heavy atom. The molecule has 0 saturated heterocycles. The van der Waals surface area contributed by atoms with E-state index in [1.165, 1.54) is 12.8 Å². The number of anilines is 2. The maximum atomic E-state index is 5.37. The fourth-order valence-corrected chi connectivity index (χ4v) is 3.06. The molecule has 0 radical (unpaired) electrons. The van der Waals surface area contributed by atoms with Crippen LogP contribution in [-0.2, 0) is 13.0 Å². The Morgan fingerprint density at radius 1 is 1.12 bits per heavy atom. The zero-order valence-electron chi connectivity index (χ0n) is 13.0. The highest BCUT2D eigenvalue weighted by Gasteiger charge is 2.17. The van der Waals surface area contributed by atoms with Crippen molar-refractivity contribution in [2.45, 2.75) is 25.8 Å². The van der Waals surface area contributed by atoms with Crippen molar-refractivity contribution >= 4 is 11.6 Å². The van der Waals surface area contributed by atoms with E-state index in [1.54, 1.807) is 0 Å². The van der Waals surface area contributed by atoms with Crippen LogP contribution < -0.4 is 14.8 Å². The molecule has 0 atom stereocenters. The maximum Gasteiger partial charge on any atom is 0.246 e. The van der Waals surface area contributed by atoms with Crippen LogP contribution in [0, 0.1) is 0 Å². The van der Waals surface area contributed by atoms with Gasteiger partial charge in [0.15, 0.2) is 17.3 Å². The normalized spacial score (nSPS) is 15.3. The van der Waals surface area contributed by atoms with Gasteiger partial charge in [-0.05, 0) is 25.0 Å². The number of fused-ring (bicyclic) bond motifs is 2. The molecule has 0 fully saturated rings. The van der Waals surface area contributed by atoms with Crippen LogP contribution >= 0.6 is 0 Å². The molecule has 2 aliphatic rings. The molecule has 5 rings (SSSR count). The first-order valence-electron chi connectivity index (χ1n) is 8.01. The van der Waals surface area contributed by atoms with Gasteiger partial charge in [0.2, 0.25) is 12.7 Å². The number of imidazole rings is 1. The number of hydrogen-bond acceptors (Lipinski definition) is 6. The Bertz CT molecular complexity index is 876. The molecule has 0 amide bonds. The molecule has 2 N–H and O–H groups in total.